The topological polar surface area (TPSA) is 49.4 Å². The van der Waals surface area contributed by atoms with E-state index < -0.39 is 6.04 Å². The van der Waals surface area contributed by atoms with Crippen molar-refractivity contribution >= 4 is 23.6 Å². The van der Waals surface area contributed by atoms with Crippen molar-refractivity contribution in [3.05, 3.63) is 35.6 Å². The molecule has 144 valence electrons. The molecule has 6 heteroatoms. The molecule has 1 aromatic rings. The standard InChI is InChI=1S/C20H29FN2O2S/c1-3-5-6-7-12-22-19(25)17-14-26-20(23(17)18(24)9-4-2)15-10-8-11-16(21)13-15/h8,10-11,13,17,20H,3-7,9,12,14H2,1-2H3,(H,22,25)/t17-,20+/m1/s1. The molecular weight excluding hydrogens is 351 g/mol. The number of nitrogens with zero attached hydrogens (tertiary/aromatic N) is 1. The SMILES string of the molecule is CCCCCCNC(=O)[C@H]1CS[C@@H](c2cccc(F)c2)N1C(=O)CCC. The minimum absolute atomic E-state index is 0.0436. The van der Waals surface area contributed by atoms with Crippen LogP contribution in [0.3, 0.4) is 0 Å². The summed E-state index contributed by atoms with van der Waals surface area (Å²) in [4.78, 5) is 27.0. The molecule has 2 rings (SSSR count). The Kier molecular flexibility index (Phi) is 8.42. The smallest absolute Gasteiger partial charge is 0.243 e. The quantitative estimate of drug-likeness (QED) is 0.651. The van der Waals surface area contributed by atoms with Crippen LogP contribution >= 0.6 is 11.8 Å². The van der Waals surface area contributed by atoms with Gasteiger partial charge in [-0.05, 0) is 30.5 Å². The molecule has 0 bridgehead atoms. The van der Waals surface area contributed by atoms with Crippen molar-refractivity contribution < 1.29 is 14.0 Å². The number of thioether (sulfide) groups is 1. The second-order valence-electron chi connectivity index (χ2n) is 6.66. The second-order valence-corrected chi connectivity index (χ2v) is 7.77. The first-order chi connectivity index (χ1) is 12.6. The first-order valence-electron chi connectivity index (χ1n) is 9.54. The van der Waals surface area contributed by atoms with Crippen molar-refractivity contribution in [1.29, 1.82) is 0 Å². The highest BCUT2D eigenvalue weighted by Gasteiger charge is 2.41. The maximum Gasteiger partial charge on any atom is 0.243 e. The molecular formula is C20H29FN2O2S. The van der Waals surface area contributed by atoms with Crippen LogP contribution in [-0.4, -0.2) is 35.1 Å². The minimum atomic E-state index is -0.488. The van der Waals surface area contributed by atoms with Crippen molar-refractivity contribution in [2.24, 2.45) is 0 Å². The number of rotatable bonds is 9. The Bertz CT molecular complexity index is 611. The zero-order chi connectivity index (χ0) is 18.9. The Morgan fingerprint density at radius 2 is 2.04 bits per heavy atom. The first-order valence-corrected chi connectivity index (χ1v) is 10.6. The molecule has 2 amide bonds. The summed E-state index contributed by atoms with van der Waals surface area (Å²) in [6.45, 7) is 4.74. The lowest BCUT2D eigenvalue weighted by Crippen LogP contribution is -2.48. The van der Waals surface area contributed by atoms with E-state index in [-0.39, 0.29) is 23.0 Å². The highest BCUT2D eigenvalue weighted by atomic mass is 32.2. The number of carbonyl (C=O) groups is 2. The molecule has 1 aliphatic rings. The fraction of sp³-hybridized carbons (Fsp3) is 0.600. The molecule has 0 spiro atoms. The Balaban J connectivity index is 2.07. The summed E-state index contributed by atoms with van der Waals surface area (Å²) in [6, 6.07) is 5.82. The Labute approximate surface area is 159 Å². The number of hydrogen-bond acceptors (Lipinski definition) is 3. The van der Waals surface area contributed by atoms with Gasteiger partial charge in [-0.2, -0.15) is 0 Å². The molecule has 1 saturated heterocycles. The molecule has 1 aromatic carbocycles. The van der Waals surface area contributed by atoms with E-state index in [4.69, 9.17) is 0 Å². The molecule has 1 N–H and O–H groups in total. The Morgan fingerprint density at radius 1 is 1.23 bits per heavy atom. The number of amides is 2. The number of hydrogen-bond donors (Lipinski definition) is 1. The number of halogens is 1. The average molecular weight is 381 g/mol. The van der Waals surface area contributed by atoms with Crippen LogP contribution in [0, 0.1) is 5.82 Å². The molecule has 1 heterocycles. The van der Waals surface area contributed by atoms with Gasteiger partial charge in [-0.15, -0.1) is 11.8 Å². The van der Waals surface area contributed by atoms with Gasteiger partial charge in [-0.1, -0.05) is 45.2 Å². The van der Waals surface area contributed by atoms with E-state index in [1.54, 1.807) is 11.0 Å². The summed E-state index contributed by atoms with van der Waals surface area (Å²) >= 11 is 1.53. The van der Waals surface area contributed by atoms with Crippen LogP contribution in [0.2, 0.25) is 0 Å². The second kappa shape index (κ2) is 10.6. The van der Waals surface area contributed by atoms with Crippen LogP contribution in [-0.2, 0) is 9.59 Å². The van der Waals surface area contributed by atoms with Gasteiger partial charge in [0.2, 0.25) is 11.8 Å². The lowest BCUT2D eigenvalue weighted by atomic mass is 10.1. The molecule has 26 heavy (non-hydrogen) atoms. The maximum absolute atomic E-state index is 13.6. The van der Waals surface area contributed by atoms with Gasteiger partial charge in [0.25, 0.3) is 0 Å². The van der Waals surface area contributed by atoms with Crippen LogP contribution in [0.4, 0.5) is 4.39 Å². The van der Waals surface area contributed by atoms with Crippen molar-refractivity contribution in [3.8, 4) is 0 Å². The van der Waals surface area contributed by atoms with E-state index in [0.717, 1.165) is 37.7 Å². The summed E-state index contributed by atoms with van der Waals surface area (Å²) in [5, 5.41) is 2.67. The zero-order valence-corrected chi connectivity index (χ0v) is 16.5. The molecule has 1 fully saturated rings. The van der Waals surface area contributed by atoms with Crippen LogP contribution in [0.15, 0.2) is 24.3 Å². The lowest BCUT2D eigenvalue weighted by Gasteiger charge is -2.29. The van der Waals surface area contributed by atoms with Crippen LogP contribution in [0.1, 0.15) is 63.3 Å². The Hall–Kier alpha value is -1.56. The summed E-state index contributed by atoms with van der Waals surface area (Å²) < 4.78 is 13.6. The van der Waals surface area contributed by atoms with E-state index >= 15 is 0 Å². The third-order valence-electron chi connectivity index (χ3n) is 4.52. The van der Waals surface area contributed by atoms with Gasteiger partial charge in [0.15, 0.2) is 0 Å². The molecule has 0 radical (unpaired) electrons. The molecule has 2 atom stereocenters. The molecule has 4 nitrogen and oxygen atoms in total. The van der Waals surface area contributed by atoms with Gasteiger partial charge in [0, 0.05) is 18.7 Å². The first kappa shape index (κ1) is 20.7. The molecule has 1 aliphatic heterocycles. The number of unbranched alkanes of at least 4 members (excludes halogenated alkanes) is 3. The number of nitrogens with one attached hydrogen (secondary N) is 1. The number of carbonyl (C=O) groups excluding carboxylic acids is 2. The number of benzene rings is 1. The predicted molar refractivity (Wildman–Crippen MR) is 104 cm³/mol. The normalized spacial score (nSPS) is 19.6. The average Bonchev–Trinajstić information content (AvgIpc) is 3.07. The minimum Gasteiger partial charge on any atom is -0.354 e. The van der Waals surface area contributed by atoms with E-state index in [1.807, 2.05) is 13.0 Å². The van der Waals surface area contributed by atoms with Crippen molar-refractivity contribution in [1.82, 2.24) is 10.2 Å². The lowest BCUT2D eigenvalue weighted by molar-refractivity contribution is -0.139. The van der Waals surface area contributed by atoms with Gasteiger partial charge in [-0.3, -0.25) is 9.59 Å². The Morgan fingerprint density at radius 3 is 2.73 bits per heavy atom. The van der Waals surface area contributed by atoms with Gasteiger partial charge < -0.3 is 10.2 Å². The van der Waals surface area contributed by atoms with Gasteiger partial charge in [-0.25, -0.2) is 4.39 Å². The summed E-state index contributed by atoms with van der Waals surface area (Å²) in [6.07, 6.45) is 5.49. The highest BCUT2D eigenvalue weighted by Crippen LogP contribution is 2.42. The van der Waals surface area contributed by atoms with Crippen LogP contribution in [0.5, 0.6) is 0 Å². The zero-order valence-electron chi connectivity index (χ0n) is 15.7. The summed E-state index contributed by atoms with van der Waals surface area (Å²) in [7, 11) is 0. The predicted octanol–water partition coefficient (Wildman–Crippen LogP) is 4.26. The summed E-state index contributed by atoms with van der Waals surface area (Å²) in [5.74, 6) is 0.0716. The molecule has 0 aromatic heterocycles. The largest absolute Gasteiger partial charge is 0.354 e. The fourth-order valence-electron chi connectivity index (χ4n) is 3.15. The van der Waals surface area contributed by atoms with Gasteiger partial charge >= 0.3 is 0 Å². The monoisotopic (exact) mass is 380 g/mol. The van der Waals surface area contributed by atoms with E-state index in [0.29, 0.717) is 18.7 Å². The highest BCUT2D eigenvalue weighted by molar-refractivity contribution is 7.99. The van der Waals surface area contributed by atoms with Gasteiger partial charge in [0.05, 0.1) is 0 Å². The van der Waals surface area contributed by atoms with Crippen molar-refractivity contribution in [2.45, 2.75) is 63.8 Å². The van der Waals surface area contributed by atoms with Crippen LogP contribution < -0.4 is 5.32 Å². The van der Waals surface area contributed by atoms with Gasteiger partial charge in [0.1, 0.15) is 17.2 Å². The summed E-state index contributed by atoms with van der Waals surface area (Å²) in [5.41, 5.74) is 0.734. The fourth-order valence-corrected chi connectivity index (χ4v) is 4.59. The molecule has 0 saturated carbocycles. The van der Waals surface area contributed by atoms with Crippen LogP contribution in [0.25, 0.3) is 0 Å². The molecule has 0 unspecified atom stereocenters. The van der Waals surface area contributed by atoms with E-state index in [1.165, 1.54) is 23.9 Å². The maximum atomic E-state index is 13.6. The third-order valence-corrected chi connectivity index (χ3v) is 5.84. The third kappa shape index (κ3) is 5.47. The molecule has 0 aliphatic carbocycles. The van der Waals surface area contributed by atoms with E-state index in [2.05, 4.69) is 12.2 Å². The van der Waals surface area contributed by atoms with E-state index in [9.17, 15) is 14.0 Å². The van der Waals surface area contributed by atoms with Crippen molar-refractivity contribution in [2.75, 3.05) is 12.3 Å². The van der Waals surface area contributed by atoms with Crippen molar-refractivity contribution in [3.63, 3.8) is 0 Å².